The summed E-state index contributed by atoms with van der Waals surface area (Å²) in [6.45, 7) is 4.83. The van der Waals surface area contributed by atoms with E-state index in [0.29, 0.717) is 35.4 Å². The maximum absolute atomic E-state index is 12.2. The van der Waals surface area contributed by atoms with E-state index in [1.165, 1.54) is 18.0 Å². The molecule has 3 aromatic rings. The molecule has 0 bridgehead atoms. The summed E-state index contributed by atoms with van der Waals surface area (Å²) in [6.07, 6.45) is 3.75. The number of hydrogen-bond donors (Lipinski definition) is 2. The zero-order chi connectivity index (χ0) is 19.9. The van der Waals surface area contributed by atoms with Crippen molar-refractivity contribution in [2.75, 3.05) is 11.9 Å². The van der Waals surface area contributed by atoms with Gasteiger partial charge in [-0.05, 0) is 47.7 Å². The standard InChI is InChI=1S/C22H23ClN4O/c1-15(2)17-6-8-20(9-7-17)27-22-25-13-18(14-26-22)21(28)24-11-10-16-4-3-5-19(23)12-16/h3-9,12-15H,10-11H2,1-2H3,(H,24,28)(H,25,26,27). The van der Waals surface area contributed by atoms with E-state index in [0.717, 1.165) is 11.3 Å². The van der Waals surface area contributed by atoms with Gasteiger partial charge in [-0.2, -0.15) is 0 Å². The molecule has 1 heterocycles. The van der Waals surface area contributed by atoms with E-state index in [1.807, 2.05) is 36.4 Å². The molecule has 0 saturated carbocycles. The van der Waals surface area contributed by atoms with Crippen LogP contribution < -0.4 is 10.6 Å². The average molecular weight is 395 g/mol. The number of amides is 1. The van der Waals surface area contributed by atoms with Crippen molar-refractivity contribution in [3.8, 4) is 0 Å². The molecule has 2 aromatic carbocycles. The Bertz CT molecular complexity index is 924. The van der Waals surface area contributed by atoms with E-state index in [9.17, 15) is 4.79 Å². The minimum Gasteiger partial charge on any atom is -0.352 e. The predicted octanol–water partition coefficient (Wildman–Crippen LogP) is 4.97. The van der Waals surface area contributed by atoms with Crippen molar-refractivity contribution < 1.29 is 4.79 Å². The van der Waals surface area contributed by atoms with E-state index in [1.54, 1.807) is 0 Å². The molecular formula is C22H23ClN4O. The first-order valence-corrected chi connectivity index (χ1v) is 9.61. The fraction of sp³-hybridized carbons (Fsp3) is 0.227. The molecule has 5 nitrogen and oxygen atoms in total. The number of nitrogens with zero attached hydrogens (tertiary/aromatic N) is 2. The van der Waals surface area contributed by atoms with Gasteiger partial charge >= 0.3 is 0 Å². The monoisotopic (exact) mass is 394 g/mol. The SMILES string of the molecule is CC(C)c1ccc(Nc2ncc(C(=O)NCCc3cccc(Cl)c3)cn2)cc1. The highest BCUT2D eigenvalue weighted by Gasteiger charge is 2.07. The van der Waals surface area contributed by atoms with Crippen LogP contribution in [0.15, 0.2) is 60.9 Å². The number of hydrogen-bond acceptors (Lipinski definition) is 4. The lowest BCUT2D eigenvalue weighted by Gasteiger charge is -2.09. The van der Waals surface area contributed by atoms with E-state index in [2.05, 4.69) is 46.6 Å². The summed E-state index contributed by atoms with van der Waals surface area (Å²) in [4.78, 5) is 20.7. The quantitative estimate of drug-likeness (QED) is 0.593. The lowest BCUT2D eigenvalue weighted by atomic mass is 10.0. The van der Waals surface area contributed by atoms with Crippen molar-refractivity contribution in [1.29, 1.82) is 0 Å². The third kappa shape index (κ3) is 5.54. The molecule has 0 saturated heterocycles. The average Bonchev–Trinajstić information content (AvgIpc) is 2.69. The Hall–Kier alpha value is -2.92. The molecule has 1 aromatic heterocycles. The summed E-state index contributed by atoms with van der Waals surface area (Å²) in [5, 5.41) is 6.70. The van der Waals surface area contributed by atoms with Gasteiger partial charge in [-0.15, -0.1) is 0 Å². The second-order valence-corrected chi connectivity index (χ2v) is 7.27. The molecule has 1 amide bonds. The van der Waals surface area contributed by atoms with Gasteiger partial charge in [0.05, 0.1) is 5.56 Å². The van der Waals surface area contributed by atoms with Crippen LogP contribution in [0.2, 0.25) is 5.02 Å². The summed E-state index contributed by atoms with van der Waals surface area (Å²) >= 11 is 5.97. The number of halogens is 1. The Kier molecular flexibility index (Phi) is 6.61. The first-order valence-electron chi connectivity index (χ1n) is 9.23. The Morgan fingerprint density at radius 3 is 2.43 bits per heavy atom. The van der Waals surface area contributed by atoms with Gasteiger partial charge in [0.1, 0.15) is 0 Å². The summed E-state index contributed by atoms with van der Waals surface area (Å²) in [5.74, 6) is 0.740. The molecule has 6 heteroatoms. The number of carbonyl (C=O) groups excluding carboxylic acids is 1. The summed E-state index contributed by atoms with van der Waals surface area (Å²) in [7, 11) is 0. The second-order valence-electron chi connectivity index (χ2n) is 6.83. The Balaban J connectivity index is 1.52. The van der Waals surface area contributed by atoms with Crippen LogP contribution in [0.4, 0.5) is 11.6 Å². The topological polar surface area (TPSA) is 66.9 Å². The van der Waals surface area contributed by atoms with Gasteiger partial charge in [0, 0.05) is 29.6 Å². The van der Waals surface area contributed by atoms with Crippen LogP contribution in [-0.2, 0) is 6.42 Å². The van der Waals surface area contributed by atoms with Crippen molar-refractivity contribution in [3.63, 3.8) is 0 Å². The van der Waals surface area contributed by atoms with Crippen molar-refractivity contribution in [2.24, 2.45) is 0 Å². The maximum atomic E-state index is 12.2. The minimum absolute atomic E-state index is 0.199. The van der Waals surface area contributed by atoms with Gasteiger partial charge in [0.2, 0.25) is 5.95 Å². The van der Waals surface area contributed by atoms with Crippen LogP contribution in [0.1, 0.15) is 41.3 Å². The third-order valence-corrected chi connectivity index (χ3v) is 4.57. The lowest BCUT2D eigenvalue weighted by molar-refractivity contribution is 0.0953. The smallest absolute Gasteiger partial charge is 0.254 e. The molecule has 0 aliphatic carbocycles. The number of rotatable bonds is 7. The molecule has 2 N–H and O–H groups in total. The van der Waals surface area contributed by atoms with Crippen LogP contribution in [0.5, 0.6) is 0 Å². The molecule has 0 aliphatic rings. The maximum Gasteiger partial charge on any atom is 0.254 e. The largest absolute Gasteiger partial charge is 0.352 e. The molecule has 28 heavy (non-hydrogen) atoms. The van der Waals surface area contributed by atoms with Crippen LogP contribution in [-0.4, -0.2) is 22.4 Å². The Morgan fingerprint density at radius 1 is 1.07 bits per heavy atom. The van der Waals surface area contributed by atoms with Gasteiger partial charge in [0.15, 0.2) is 0 Å². The zero-order valence-corrected chi connectivity index (χ0v) is 16.7. The molecule has 0 unspecified atom stereocenters. The number of benzene rings is 2. The molecule has 144 valence electrons. The van der Waals surface area contributed by atoms with Crippen LogP contribution >= 0.6 is 11.6 Å². The van der Waals surface area contributed by atoms with Gasteiger partial charge < -0.3 is 10.6 Å². The summed E-state index contributed by atoms with van der Waals surface area (Å²) in [5.41, 5.74) is 3.68. The number of nitrogens with one attached hydrogen (secondary N) is 2. The molecular weight excluding hydrogens is 372 g/mol. The van der Waals surface area contributed by atoms with E-state index >= 15 is 0 Å². The fourth-order valence-corrected chi connectivity index (χ4v) is 2.92. The molecule has 0 fully saturated rings. The van der Waals surface area contributed by atoms with Crippen LogP contribution in [0, 0.1) is 0 Å². The molecule has 0 aliphatic heterocycles. The van der Waals surface area contributed by atoms with E-state index < -0.39 is 0 Å². The molecule has 3 rings (SSSR count). The number of aromatic nitrogens is 2. The Morgan fingerprint density at radius 2 is 1.79 bits per heavy atom. The van der Waals surface area contributed by atoms with Crippen molar-refractivity contribution in [3.05, 3.63) is 82.6 Å². The van der Waals surface area contributed by atoms with Gasteiger partial charge in [-0.25, -0.2) is 9.97 Å². The zero-order valence-electron chi connectivity index (χ0n) is 15.9. The lowest BCUT2D eigenvalue weighted by Crippen LogP contribution is -2.26. The normalized spacial score (nSPS) is 10.7. The predicted molar refractivity (Wildman–Crippen MR) is 113 cm³/mol. The van der Waals surface area contributed by atoms with Crippen molar-refractivity contribution in [1.82, 2.24) is 15.3 Å². The first kappa shape index (κ1) is 19.8. The minimum atomic E-state index is -0.199. The van der Waals surface area contributed by atoms with Crippen LogP contribution in [0.25, 0.3) is 0 Å². The molecule has 0 spiro atoms. The summed E-state index contributed by atoms with van der Waals surface area (Å²) in [6, 6.07) is 15.7. The molecule has 0 atom stereocenters. The van der Waals surface area contributed by atoms with Crippen molar-refractivity contribution in [2.45, 2.75) is 26.2 Å². The summed E-state index contributed by atoms with van der Waals surface area (Å²) < 4.78 is 0. The van der Waals surface area contributed by atoms with Gasteiger partial charge in [-0.3, -0.25) is 4.79 Å². The molecule has 0 radical (unpaired) electrons. The number of carbonyl (C=O) groups is 1. The highest BCUT2D eigenvalue weighted by atomic mass is 35.5. The van der Waals surface area contributed by atoms with E-state index in [4.69, 9.17) is 11.6 Å². The van der Waals surface area contributed by atoms with E-state index in [-0.39, 0.29) is 5.91 Å². The highest BCUT2D eigenvalue weighted by molar-refractivity contribution is 6.30. The van der Waals surface area contributed by atoms with Gasteiger partial charge in [0.25, 0.3) is 5.91 Å². The van der Waals surface area contributed by atoms with Crippen LogP contribution in [0.3, 0.4) is 0 Å². The highest BCUT2D eigenvalue weighted by Crippen LogP contribution is 2.19. The van der Waals surface area contributed by atoms with Crippen molar-refractivity contribution >= 4 is 29.1 Å². The van der Waals surface area contributed by atoms with Gasteiger partial charge in [-0.1, -0.05) is 49.7 Å². The number of anilines is 2. The first-order chi connectivity index (χ1) is 13.5. The Labute approximate surface area is 170 Å². The second kappa shape index (κ2) is 9.33. The fourth-order valence-electron chi connectivity index (χ4n) is 2.71. The third-order valence-electron chi connectivity index (χ3n) is 4.34.